The zero-order chi connectivity index (χ0) is 13.1. The second-order valence-electron chi connectivity index (χ2n) is 3.74. The van der Waals surface area contributed by atoms with E-state index in [4.69, 9.17) is 23.2 Å². The van der Waals surface area contributed by atoms with E-state index in [0.717, 1.165) is 5.56 Å². The molecule has 2 aromatic rings. The summed E-state index contributed by atoms with van der Waals surface area (Å²) in [6.07, 6.45) is 1.44. The van der Waals surface area contributed by atoms with Crippen molar-refractivity contribution in [2.75, 3.05) is 0 Å². The summed E-state index contributed by atoms with van der Waals surface area (Å²) < 4.78 is 1.43. The van der Waals surface area contributed by atoms with Gasteiger partial charge in [0.15, 0.2) is 0 Å². The van der Waals surface area contributed by atoms with Crippen LogP contribution in [0.4, 0.5) is 0 Å². The Kier molecular flexibility index (Phi) is 3.89. The van der Waals surface area contributed by atoms with Crippen LogP contribution >= 0.6 is 23.2 Å². The first-order valence-corrected chi connectivity index (χ1v) is 6.04. The summed E-state index contributed by atoms with van der Waals surface area (Å²) in [5.74, 6) is -0.278. The Labute approximate surface area is 115 Å². The van der Waals surface area contributed by atoms with Crippen LogP contribution in [0.1, 0.15) is 16.1 Å². The number of carbonyl (C=O) groups excluding carboxylic acids is 1. The van der Waals surface area contributed by atoms with E-state index in [0.29, 0.717) is 22.3 Å². The normalized spacial score (nSPS) is 10.4. The third kappa shape index (κ3) is 2.66. The number of hydrogen-bond acceptors (Lipinski definition) is 2. The van der Waals surface area contributed by atoms with Crippen molar-refractivity contribution in [1.29, 1.82) is 0 Å². The molecule has 6 heteroatoms. The Bertz CT molecular complexity index is 561. The van der Waals surface area contributed by atoms with Crippen molar-refractivity contribution in [2.24, 2.45) is 7.05 Å². The molecule has 0 spiro atoms. The van der Waals surface area contributed by atoms with Crippen LogP contribution in [-0.2, 0) is 13.6 Å². The molecule has 1 heterocycles. The number of aromatic nitrogens is 2. The first-order chi connectivity index (χ1) is 8.59. The summed E-state index contributed by atoms with van der Waals surface area (Å²) in [6, 6.07) is 7.34. The number of nitrogens with zero attached hydrogens (tertiary/aromatic N) is 2. The fourth-order valence-corrected chi connectivity index (χ4v) is 2.02. The summed E-state index contributed by atoms with van der Waals surface area (Å²) >= 11 is 11.9. The Hall–Kier alpha value is -1.52. The largest absolute Gasteiger partial charge is 0.347 e. The zero-order valence-corrected chi connectivity index (χ0v) is 11.2. The van der Waals surface area contributed by atoms with Crippen LogP contribution in [0, 0.1) is 0 Å². The van der Waals surface area contributed by atoms with Crippen molar-refractivity contribution in [1.82, 2.24) is 15.1 Å². The minimum Gasteiger partial charge on any atom is -0.347 e. The smallest absolute Gasteiger partial charge is 0.271 e. The Morgan fingerprint density at radius 3 is 2.67 bits per heavy atom. The number of halogens is 2. The standard InChI is InChI=1S/C12H11Cl2N3O/c1-17-11(10(14)7-16-17)12(18)15-6-8-4-2-3-5-9(8)13/h2-5,7H,6H2,1H3,(H,15,18). The summed E-state index contributed by atoms with van der Waals surface area (Å²) in [6.45, 7) is 0.347. The Morgan fingerprint density at radius 2 is 2.06 bits per heavy atom. The van der Waals surface area contributed by atoms with E-state index in [9.17, 15) is 4.79 Å². The van der Waals surface area contributed by atoms with Gasteiger partial charge in [-0.2, -0.15) is 5.10 Å². The maximum Gasteiger partial charge on any atom is 0.271 e. The molecule has 4 nitrogen and oxygen atoms in total. The van der Waals surface area contributed by atoms with Crippen molar-refractivity contribution in [3.8, 4) is 0 Å². The van der Waals surface area contributed by atoms with Crippen LogP contribution in [0.2, 0.25) is 10.0 Å². The zero-order valence-electron chi connectivity index (χ0n) is 9.65. The topological polar surface area (TPSA) is 46.9 Å². The van der Waals surface area contributed by atoms with Gasteiger partial charge in [0.25, 0.3) is 5.91 Å². The van der Waals surface area contributed by atoms with Crippen LogP contribution in [0.25, 0.3) is 0 Å². The van der Waals surface area contributed by atoms with Crippen LogP contribution in [-0.4, -0.2) is 15.7 Å². The third-order valence-electron chi connectivity index (χ3n) is 2.51. The second kappa shape index (κ2) is 5.42. The van der Waals surface area contributed by atoms with Crippen molar-refractivity contribution < 1.29 is 4.79 Å². The van der Waals surface area contributed by atoms with Gasteiger partial charge in [-0.05, 0) is 11.6 Å². The van der Waals surface area contributed by atoms with Gasteiger partial charge in [0.05, 0.1) is 11.2 Å². The average Bonchev–Trinajstić information content (AvgIpc) is 2.68. The number of nitrogens with one attached hydrogen (secondary N) is 1. The minimum absolute atomic E-state index is 0.278. The highest BCUT2D eigenvalue weighted by Gasteiger charge is 2.15. The van der Waals surface area contributed by atoms with Crippen molar-refractivity contribution >= 4 is 29.1 Å². The first kappa shape index (κ1) is 12.9. The minimum atomic E-state index is -0.278. The summed E-state index contributed by atoms with van der Waals surface area (Å²) in [5.41, 5.74) is 1.19. The molecule has 0 saturated heterocycles. The highest BCUT2D eigenvalue weighted by molar-refractivity contribution is 6.33. The van der Waals surface area contributed by atoms with Gasteiger partial charge >= 0.3 is 0 Å². The van der Waals surface area contributed by atoms with Gasteiger partial charge in [0.1, 0.15) is 5.69 Å². The summed E-state index contributed by atoms with van der Waals surface area (Å²) in [4.78, 5) is 11.9. The van der Waals surface area contributed by atoms with Gasteiger partial charge in [0, 0.05) is 18.6 Å². The Balaban J connectivity index is 2.08. The van der Waals surface area contributed by atoms with Gasteiger partial charge in [0.2, 0.25) is 0 Å². The molecule has 0 fully saturated rings. The van der Waals surface area contributed by atoms with E-state index in [1.807, 2.05) is 18.2 Å². The Morgan fingerprint density at radius 1 is 1.33 bits per heavy atom. The molecular weight excluding hydrogens is 273 g/mol. The predicted octanol–water partition coefficient (Wildman–Crippen LogP) is 2.66. The molecule has 18 heavy (non-hydrogen) atoms. The number of carbonyl (C=O) groups is 1. The monoisotopic (exact) mass is 283 g/mol. The fraction of sp³-hybridized carbons (Fsp3) is 0.167. The number of rotatable bonds is 3. The molecule has 0 radical (unpaired) electrons. The van der Waals surface area contributed by atoms with Crippen molar-refractivity contribution in [2.45, 2.75) is 6.54 Å². The van der Waals surface area contributed by atoms with E-state index < -0.39 is 0 Å². The SMILES string of the molecule is Cn1ncc(Cl)c1C(=O)NCc1ccccc1Cl. The molecule has 1 amide bonds. The summed E-state index contributed by atoms with van der Waals surface area (Å²) in [7, 11) is 1.66. The van der Waals surface area contributed by atoms with E-state index in [1.165, 1.54) is 10.9 Å². The molecule has 94 valence electrons. The van der Waals surface area contributed by atoms with Crippen LogP contribution in [0.5, 0.6) is 0 Å². The molecule has 0 atom stereocenters. The lowest BCUT2D eigenvalue weighted by Gasteiger charge is -2.07. The molecule has 1 aromatic carbocycles. The highest BCUT2D eigenvalue weighted by atomic mass is 35.5. The molecule has 1 N–H and O–H groups in total. The molecular formula is C12H11Cl2N3O. The maximum absolute atomic E-state index is 11.9. The molecule has 1 aromatic heterocycles. The average molecular weight is 284 g/mol. The molecule has 0 bridgehead atoms. The highest BCUT2D eigenvalue weighted by Crippen LogP contribution is 2.16. The lowest BCUT2D eigenvalue weighted by atomic mass is 10.2. The molecule has 0 aliphatic heterocycles. The fourth-order valence-electron chi connectivity index (χ4n) is 1.57. The van der Waals surface area contributed by atoms with Crippen LogP contribution in [0.15, 0.2) is 30.5 Å². The van der Waals surface area contributed by atoms with Crippen molar-refractivity contribution in [3.05, 3.63) is 51.8 Å². The van der Waals surface area contributed by atoms with E-state index >= 15 is 0 Å². The maximum atomic E-state index is 11.9. The molecule has 2 rings (SSSR count). The lowest BCUT2D eigenvalue weighted by molar-refractivity contribution is 0.0941. The van der Waals surface area contributed by atoms with Gasteiger partial charge in [-0.15, -0.1) is 0 Å². The van der Waals surface area contributed by atoms with Gasteiger partial charge in [-0.25, -0.2) is 0 Å². The molecule has 0 saturated carbocycles. The number of aryl methyl sites for hydroxylation is 1. The molecule has 0 unspecified atom stereocenters. The van der Waals surface area contributed by atoms with Crippen LogP contribution in [0.3, 0.4) is 0 Å². The van der Waals surface area contributed by atoms with E-state index in [2.05, 4.69) is 10.4 Å². The quantitative estimate of drug-likeness (QED) is 0.941. The van der Waals surface area contributed by atoms with Crippen LogP contribution < -0.4 is 5.32 Å². The van der Waals surface area contributed by atoms with Crippen molar-refractivity contribution in [3.63, 3.8) is 0 Å². The number of amides is 1. The predicted molar refractivity (Wildman–Crippen MR) is 70.8 cm³/mol. The van der Waals surface area contributed by atoms with E-state index in [-0.39, 0.29) is 5.91 Å². The number of hydrogen-bond donors (Lipinski definition) is 1. The third-order valence-corrected chi connectivity index (χ3v) is 3.15. The van der Waals surface area contributed by atoms with Gasteiger partial charge in [-0.1, -0.05) is 41.4 Å². The van der Waals surface area contributed by atoms with Gasteiger partial charge in [-0.3, -0.25) is 9.48 Å². The summed E-state index contributed by atoms with van der Waals surface area (Å²) in [5, 5.41) is 7.61. The lowest BCUT2D eigenvalue weighted by Crippen LogP contribution is -2.25. The first-order valence-electron chi connectivity index (χ1n) is 5.28. The number of benzene rings is 1. The molecule has 0 aliphatic rings. The second-order valence-corrected chi connectivity index (χ2v) is 4.55. The molecule has 0 aliphatic carbocycles. The van der Waals surface area contributed by atoms with Gasteiger partial charge < -0.3 is 5.32 Å². The van der Waals surface area contributed by atoms with E-state index in [1.54, 1.807) is 13.1 Å².